The number of aryl methyl sites for hydroxylation is 1. The number of morpholine rings is 1. The molecule has 0 spiro atoms. The Kier molecular flexibility index (Phi) is 6.99. The van der Waals surface area contributed by atoms with Gasteiger partial charge in [0.05, 0.1) is 23.1 Å². The van der Waals surface area contributed by atoms with Gasteiger partial charge in [-0.3, -0.25) is 4.79 Å². The van der Waals surface area contributed by atoms with Crippen molar-refractivity contribution in [2.75, 3.05) is 57.4 Å². The topological polar surface area (TPSA) is 83.1 Å². The van der Waals surface area contributed by atoms with Crippen LogP contribution in [0.3, 0.4) is 0 Å². The van der Waals surface area contributed by atoms with Gasteiger partial charge in [-0.25, -0.2) is 13.4 Å². The van der Waals surface area contributed by atoms with Crippen LogP contribution in [0.25, 0.3) is 0 Å². The van der Waals surface area contributed by atoms with Crippen LogP contribution in [-0.4, -0.2) is 81.0 Å². The highest BCUT2D eigenvalue weighted by Gasteiger charge is 2.30. The highest BCUT2D eigenvalue weighted by molar-refractivity contribution is 7.89. The molecule has 3 heterocycles. The van der Waals surface area contributed by atoms with Gasteiger partial charge in [0, 0.05) is 51.0 Å². The highest BCUT2D eigenvalue weighted by atomic mass is 35.5. The number of rotatable bonds is 5. The molecule has 172 valence electrons. The van der Waals surface area contributed by atoms with E-state index >= 15 is 0 Å². The van der Waals surface area contributed by atoms with Crippen LogP contribution >= 0.6 is 11.6 Å². The standard InChI is InChI=1S/C22H27ClN4O4S/c1-2-17-3-4-18(15-20(17)32(29,30)27-11-13-31-14-12-27)22(28)26-9-7-25(8-10-26)21-6-5-19(23)16-24-21/h3-6,15-16H,2,7-14H2,1H3. The minimum absolute atomic E-state index is 0.158. The molecular weight excluding hydrogens is 452 g/mol. The molecule has 1 amide bonds. The van der Waals surface area contributed by atoms with E-state index in [9.17, 15) is 13.2 Å². The van der Waals surface area contributed by atoms with Crippen molar-refractivity contribution in [3.8, 4) is 0 Å². The number of halogens is 1. The summed E-state index contributed by atoms with van der Waals surface area (Å²) < 4.78 is 33.3. The zero-order valence-corrected chi connectivity index (χ0v) is 19.6. The molecule has 0 aliphatic carbocycles. The summed E-state index contributed by atoms with van der Waals surface area (Å²) in [5.41, 5.74) is 1.11. The summed E-state index contributed by atoms with van der Waals surface area (Å²) in [4.78, 5) is 21.6. The molecule has 0 radical (unpaired) electrons. The second-order valence-electron chi connectivity index (χ2n) is 7.81. The third kappa shape index (κ3) is 4.76. The number of carbonyl (C=O) groups excluding carboxylic acids is 1. The van der Waals surface area contributed by atoms with Gasteiger partial charge in [-0.2, -0.15) is 4.31 Å². The summed E-state index contributed by atoms with van der Waals surface area (Å²) >= 11 is 5.91. The number of hydrogen-bond acceptors (Lipinski definition) is 6. The molecule has 0 N–H and O–H groups in total. The average Bonchev–Trinajstić information content (AvgIpc) is 2.84. The van der Waals surface area contributed by atoms with Crippen molar-refractivity contribution in [3.05, 3.63) is 52.7 Å². The van der Waals surface area contributed by atoms with E-state index in [1.54, 1.807) is 35.4 Å². The Balaban J connectivity index is 1.50. The lowest BCUT2D eigenvalue weighted by molar-refractivity contribution is 0.0729. The number of anilines is 1. The molecule has 0 atom stereocenters. The van der Waals surface area contributed by atoms with Crippen LogP contribution in [0.1, 0.15) is 22.8 Å². The number of amides is 1. The van der Waals surface area contributed by atoms with Crippen LogP contribution in [0.2, 0.25) is 5.02 Å². The SMILES string of the molecule is CCc1ccc(C(=O)N2CCN(c3ccc(Cl)cn3)CC2)cc1S(=O)(=O)N1CCOCC1. The number of carbonyl (C=O) groups is 1. The average molecular weight is 479 g/mol. The van der Waals surface area contributed by atoms with Crippen molar-refractivity contribution in [2.24, 2.45) is 0 Å². The van der Waals surface area contributed by atoms with Gasteiger partial charge in [-0.15, -0.1) is 0 Å². The molecule has 0 unspecified atom stereocenters. The molecule has 4 rings (SSSR count). The maximum atomic E-state index is 13.3. The van der Waals surface area contributed by atoms with Crippen molar-refractivity contribution in [1.82, 2.24) is 14.2 Å². The number of benzene rings is 1. The fourth-order valence-electron chi connectivity index (χ4n) is 4.02. The van der Waals surface area contributed by atoms with E-state index in [4.69, 9.17) is 16.3 Å². The number of pyridine rings is 1. The predicted molar refractivity (Wildman–Crippen MR) is 123 cm³/mol. The fraction of sp³-hybridized carbons (Fsp3) is 0.455. The van der Waals surface area contributed by atoms with Crippen LogP contribution in [0.5, 0.6) is 0 Å². The Hall–Kier alpha value is -2.20. The molecule has 0 saturated carbocycles. The molecule has 1 aromatic heterocycles. The lowest BCUT2D eigenvalue weighted by Gasteiger charge is -2.35. The molecule has 2 aliphatic rings. The van der Waals surface area contributed by atoms with E-state index in [-0.39, 0.29) is 10.8 Å². The summed E-state index contributed by atoms with van der Waals surface area (Å²) in [7, 11) is -3.68. The first-order valence-corrected chi connectivity index (χ1v) is 12.6. The Morgan fingerprint density at radius 3 is 2.41 bits per heavy atom. The maximum Gasteiger partial charge on any atom is 0.254 e. The van der Waals surface area contributed by atoms with Crippen molar-refractivity contribution >= 4 is 33.3 Å². The zero-order chi connectivity index (χ0) is 22.7. The van der Waals surface area contributed by atoms with Crippen LogP contribution in [0.15, 0.2) is 41.4 Å². The first-order chi connectivity index (χ1) is 15.4. The van der Waals surface area contributed by atoms with Gasteiger partial charge >= 0.3 is 0 Å². The minimum Gasteiger partial charge on any atom is -0.379 e. The summed E-state index contributed by atoms with van der Waals surface area (Å²) in [5.74, 6) is 0.669. The van der Waals surface area contributed by atoms with E-state index in [0.717, 1.165) is 5.82 Å². The monoisotopic (exact) mass is 478 g/mol. The summed E-state index contributed by atoms with van der Waals surface area (Å²) in [5, 5.41) is 0.584. The number of sulfonamides is 1. The van der Waals surface area contributed by atoms with E-state index in [1.807, 2.05) is 13.0 Å². The molecule has 2 fully saturated rings. The number of aromatic nitrogens is 1. The first kappa shape index (κ1) is 23.0. The molecule has 0 bridgehead atoms. The van der Waals surface area contributed by atoms with Gasteiger partial charge in [-0.1, -0.05) is 24.6 Å². The molecule has 2 saturated heterocycles. The number of piperazine rings is 1. The van der Waals surface area contributed by atoms with Gasteiger partial charge in [0.2, 0.25) is 10.0 Å². The molecule has 1 aromatic carbocycles. The summed E-state index contributed by atoms with van der Waals surface area (Å²) in [6.07, 6.45) is 2.18. The van der Waals surface area contributed by atoms with Gasteiger partial charge < -0.3 is 14.5 Å². The zero-order valence-electron chi connectivity index (χ0n) is 18.0. The Bertz CT molecular complexity index is 1060. The number of nitrogens with zero attached hydrogens (tertiary/aromatic N) is 4. The van der Waals surface area contributed by atoms with E-state index in [2.05, 4.69) is 9.88 Å². The molecule has 2 aliphatic heterocycles. The van der Waals surface area contributed by atoms with E-state index < -0.39 is 10.0 Å². The molecule has 8 nitrogen and oxygen atoms in total. The van der Waals surface area contributed by atoms with Crippen LogP contribution in [0.4, 0.5) is 5.82 Å². The van der Waals surface area contributed by atoms with Crippen molar-refractivity contribution in [3.63, 3.8) is 0 Å². The quantitative estimate of drug-likeness (QED) is 0.655. The van der Waals surface area contributed by atoms with Crippen molar-refractivity contribution in [2.45, 2.75) is 18.2 Å². The Labute approximate surface area is 193 Å². The lowest BCUT2D eigenvalue weighted by atomic mass is 10.1. The van der Waals surface area contributed by atoms with Gasteiger partial charge in [0.1, 0.15) is 5.82 Å². The van der Waals surface area contributed by atoms with Crippen molar-refractivity contribution < 1.29 is 17.9 Å². The molecular formula is C22H27ClN4O4S. The molecule has 32 heavy (non-hydrogen) atoms. The minimum atomic E-state index is -3.68. The second kappa shape index (κ2) is 9.74. The summed E-state index contributed by atoms with van der Waals surface area (Å²) in [6.45, 7) is 5.68. The highest BCUT2D eigenvalue weighted by Crippen LogP contribution is 2.25. The smallest absolute Gasteiger partial charge is 0.254 e. The number of ether oxygens (including phenoxy) is 1. The molecule has 10 heteroatoms. The predicted octanol–water partition coefficient (Wildman–Crippen LogP) is 2.28. The molecule has 2 aromatic rings. The van der Waals surface area contributed by atoms with E-state index in [0.29, 0.717) is 75.1 Å². The Morgan fingerprint density at radius 2 is 1.78 bits per heavy atom. The third-order valence-corrected chi connectivity index (χ3v) is 8.09. The Morgan fingerprint density at radius 1 is 1.06 bits per heavy atom. The van der Waals surface area contributed by atoms with Crippen molar-refractivity contribution in [1.29, 1.82) is 0 Å². The van der Waals surface area contributed by atoms with Gasteiger partial charge in [-0.05, 0) is 36.2 Å². The largest absolute Gasteiger partial charge is 0.379 e. The second-order valence-corrected chi connectivity index (χ2v) is 10.1. The number of hydrogen-bond donors (Lipinski definition) is 0. The summed E-state index contributed by atoms with van der Waals surface area (Å²) in [6, 6.07) is 8.69. The maximum absolute atomic E-state index is 13.3. The lowest BCUT2D eigenvalue weighted by Crippen LogP contribution is -2.49. The van der Waals surface area contributed by atoms with Crippen LogP contribution in [0, 0.1) is 0 Å². The van der Waals surface area contributed by atoms with Crippen LogP contribution < -0.4 is 4.90 Å². The van der Waals surface area contributed by atoms with Crippen LogP contribution in [-0.2, 0) is 21.2 Å². The normalized spacial score (nSPS) is 18.1. The van der Waals surface area contributed by atoms with Gasteiger partial charge in [0.15, 0.2) is 0 Å². The van der Waals surface area contributed by atoms with E-state index in [1.165, 1.54) is 4.31 Å². The van der Waals surface area contributed by atoms with Gasteiger partial charge in [0.25, 0.3) is 5.91 Å². The fourth-order valence-corrected chi connectivity index (χ4v) is 5.86. The third-order valence-electron chi connectivity index (χ3n) is 5.89. The first-order valence-electron chi connectivity index (χ1n) is 10.8.